The second-order valence-electron chi connectivity index (χ2n) is 4.75. The van der Waals surface area contributed by atoms with Crippen LogP contribution in [0.1, 0.15) is 18.2 Å². The highest BCUT2D eigenvalue weighted by atomic mass is 19.1. The van der Waals surface area contributed by atoms with Gasteiger partial charge in [0.05, 0.1) is 0 Å². The maximum Gasteiger partial charge on any atom is 0.229 e. The molecule has 0 fully saturated rings. The lowest BCUT2D eigenvalue weighted by molar-refractivity contribution is -0.119. The van der Waals surface area contributed by atoms with Gasteiger partial charge in [0.1, 0.15) is 5.82 Å². The van der Waals surface area contributed by atoms with Crippen molar-refractivity contribution in [3.05, 3.63) is 53.6 Å². The highest BCUT2D eigenvalue weighted by Crippen LogP contribution is 2.12. The molecule has 1 aromatic heterocycles. The molecule has 2 aromatic rings. The van der Waals surface area contributed by atoms with Crippen LogP contribution in [0.25, 0.3) is 0 Å². The van der Waals surface area contributed by atoms with Crippen molar-refractivity contribution < 1.29 is 9.18 Å². The third kappa shape index (κ3) is 3.85. The third-order valence-electron chi connectivity index (χ3n) is 2.91. The maximum atomic E-state index is 13.1. The summed E-state index contributed by atoms with van der Waals surface area (Å²) in [7, 11) is 0. The van der Waals surface area contributed by atoms with E-state index in [-0.39, 0.29) is 17.6 Å². The van der Waals surface area contributed by atoms with Crippen LogP contribution in [0.3, 0.4) is 0 Å². The van der Waals surface area contributed by atoms with Crippen LogP contribution in [0.5, 0.6) is 0 Å². The van der Waals surface area contributed by atoms with E-state index in [9.17, 15) is 9.18 Å². The summed E-state index contributed by atoms with van der Waals surface area (Å²) in [6, 6.07) is 8.02. The Balaban J connectivity index is 1.98. The van der Waals surface area contributed by atoms with E-state index in [1.165, 1.54) is 12.1 Å². The van der Waals surface area contributed by atoms with Crippen molar-refractivity contribution in [3.8, 4) is 0 Å². The van der Waals surface area contributed by atoms with Crippen LogP contribution in [0.2, 0.25) is 0 Å². The van der Waals surface area contributed by atoms with Crippen LogP contribution in [-0.4, -0.2) is 15.9 Å². The largest absolute Gasteiger partial charge is 0.294 e. The van der Waals surface area contributed by atoms with Gasteiger partial charge in [-0.25, -0.2) is 14.4 Å². The number of halogens is 1. The van der Waals surface area contributed by atoms with Crippen LogP contribution in [0.4, 0.5) is 10.3 Å². The van der Waals surface area contributed by atoms with E-state index >= 15 is 0 Å². The van der Waals surface area contributed by atoms with E-state index in [0.29, 0.717) is 12.4 Å². The molecule has 0 saturated carbocycles. The van der Waals surface area contributed by atoms with E-state index in [2.05, 4.69) is 15.3 Å². The summed E-state index contributed by atoms with van der Waals surface area (Å²) in [5.74, 6) is -0.473. The van der Waals surface area contributed by atoms with Crippen LogP contribution < -0.4 is 5.32 Å². The average molecular weight is 273 g/mol. The number of rotatable bonds is 4. The number of amides is 1. The lowest BCUT2D eigenvalue weighted by Gasteiger charge is -2.11. The van der Waals surface area contributed by atoms with Gasteiger partial charge in [0.2, 0.25) is 11.9 Å². The van der Waals surface area contributed by atoms with Crippen molar-refractivity contribution in [3.63, 3.8) is 0 Å². The number of carbonyl (C=O) groups excluding carboxylic acids is 1. The highest BCUT2D eigenvalue weighted by Gasteiger charge is 2.15. The van der Waals surface area contributed by atoms with E-state index < -0.39 is 0 Å². The molecule has 0 radical (unpaired) electrons. The Morgan fingerprint density at radius 3 is 2.90 bits per heavy atom. The standard InChI is InChI=1S/C15H16FN3O/c1-10(8-12-4-3-5-13(16)9-12)14(20)19-15-17-7-6-11(2)18-15/h3-7,9-10H,8H2,1-2H3,(H,17,18,19,20)/t10-/m1/s1. The van der Waals surface area contributed by atoms with Gasteiger partial charge in [-0.1, -0.05) is 19.1 Å². The number of hydrogen-bond acceptors (Lipinski definition) is 3. The first-order valence-electron chi connectivity index (χ1n) is 6.39. The summed E-state index contributed by atoms with van der Waals surface area (Å²) in [5, 5.41) is 2.66. The predicted octanol–water partition coefficient (Wildman–Crippen LogP) is 2.74. The molecule has 0 bridgehead atoms. The number of hydrogen-bond donors (Lipinski definition) is 1. The number of anilines is 1. The van der Waals surface area contributed by atoms with Crippen molar-refractivity contribution in [2.75, 3.05) is 5.32 Å². The summed E-state index contributed by atoms with van der Waals surface area (Å²) >= 11 is 0. The first-order chi connectivity index (χ1) is 9.54. The topological polar surface area (TPSA) is 54.9 Å². The van der Waals surface area contributed by atoms with Gasteiger partial charge in [0.15, 0.2) is 0 Å². The Kier molecular flexibility index (Phi) is 4.40. The van der Waals surface area contributed by atoms with Gasteiger partial charge in [-0.2, -0.15) is 0 Å². The Hall–Kier alpha value is -2.30. The normalized spacial score (nSPS) is 11.9. The molecule has 0 aliphatic rings. The molecule has 0 saturated heterocycles. The minimum absolute atomic E-state index is 0.181. The van der Waals surface area contributed by atoms with E-state index in [1.54, 1.807) is 31.3 Å². The Morgan fingerprint density at radius 2 is 2.20 bits per heavy atom. The summed E-state index contributed by atoms with van der Waals surface area (Å²) < 4.78 is 13.1. The van der Waals surface area contributed by atoms with Crippen LogP contribution in [-0.2, 0) is 11.2 Å². The molecule has 0 aliphatic carbocycles. The minimum Gasteiger partial charge on any atom is -0.294 e. The van der Waals surface area contributed by atoms with Gasteiger partial charge in [-0.15, -0.1) is 0 Å². The fraction of sp³-hybridized carbons (Fsp3) is 0.267. The molecule has 0 unspecified atom stereocenters. The molecular weight excluding hydrogens is 257 g/mol. The van der Waals surface area contributed by atoms with Crippen LogP contribution in [0, 0.1) is 18.7 Å². The molecule has 2 rings (SSSR count). The lowest BCUT2D eigenvalue weighted by Crippen LogP contribution is -2.23. The van der Waals surface area contributed by atoms with Gasteiger partial charge in [0, 0.05) is 17.8 Å². The lowest BCUT2D eigenvalue weighted by atomic mass is 10.0. The number of benzene rings is 1. The van der Waals surface area contributed by atoms with E-state index in [0.717, 1.165) is 11.3 Å². The monoisotopic (exact) mass is 273 g/mol. The number of nitrogens with zero attached hydrogens (tertiary/aromatic N) is 2. The smallest absolute Gasteiger partial charge is 0.229 e. The SMILES string of the molecule is Cc1ccnc(NC(=O)[C@H](C)Cc2cccc(F)c2)n1. The van der Waals surface area contributed by atoms with Gasteiger partial charge in [-0.05, 0) is 37.1 Å². The Labute approximate surface area is 117 Å². The molecule has 0 aliphatic heterocycles. The summed E-state index contributed by atoms with van der Waals surface area (Å²) in [5.41, 5.74) is 1.57. The number of nitrogens with one attached hydrogen (secondary N) is 1. The fourth-order valence-corrected chi connectivity index (χ4v) is 1.85. The van der Waals surface area contributed by atoms with Crippen molar-refractivity contribution in [2.24, 2.45) is 5.92 Å². The highest BCUT2D eigenvalue weighted by molar-refractivity contribution is 5.90. The molecular formula is C15H16FN3O. The zero-order valence-electron chi connectivity index (χ0n) is 11.4. The van der Waals surface area contributed by atoms with Gasteiger partial charge < -0.3 is 0 Å². The maximum absolute atomic E-state index is 13.1. The summed E-state index contributed by atoms with van der Waals surface area (Å²) in [6.45, 7) is 3.61. The summed E-state index contributed by atoms with van der Waals surface area (Å²) in [4.78, 5) is 20.1. The molecule has 20 heavy (non-hydrogen) atoms. The molecule has 4 nitrogen and oxygen atoms in total. The Morgan fingerprint density at radius 1 is 1.40 bits per heavy atom. The van der Waals surface area contributed by atoms with Crippen molar-refractivity contribution >= 4 is 11.9 Å². The minimum atomic E-state index is -0.294. The number of aromatic nitrogens is 2. The summed E-state index contributed by atoms with van der Waals surface area (Å²) in [6.07, 6.45) is 2.06. The van der Waals surface area contributed by atoms with Crippen LogP contribution in [0.15, 0.2) is 36.5 Å². The zero-order valence-corrected chi connectivity index (χ0v) is 11.4. The molecule has 5 heteroatoms. The van der Waals surface area contributed by atoms with E-state index in [1.807, 2.05) is 6.92 Å². The Bertz CT molecular complexity index is 616. The molecule has 0 spiro atoms. The molecule has 1 amide bonds. The van der Waals surface area contributed by atoms with Gasteiger partial charge in [-0.3, -0.25) is 10.1 Å². The second kappa shape index (κ2) is 6.23. The van der Waals surface area contributed by atoms with Gasteiger partial charge >= 0.3 is 0 Å². The first-order valence-corrected chi connectivity index (χ1v) is 6.39. The van der Waals surface area contributed by atoms with Crippen LogP contribution >= 0.6 is 0 Å². The molecule has 1 N–H and O–H groups in total. The van der Waals surface area contributed by atoms with Crippen molar-refractivity contribution in [2.45, 2.75) is 20.3 Å². The van der Waals surface area contributed by atoms with E-state index in [4.69, 9.17) is 0 Å². The zero-order chi connectivity index (χ0) is 14.5. The number of aryl methyl sites for hydroxylation is 1. The molecule has 104 valence electrons. The quantitative estimate of drug-likeness (QED) is 0.932. The second-order valence-corrected chi connectivity index (χ2v) is 4.75. The predicted molar refractivity (Wildman–Crippen MR) is 74.7 cm³/mol. The molecule has 1 atom stereocenters. The first kappa shape index (κ1) is 14.1. The van der Waals surface area contributed by atoms with Gasteiger partial charge in [0.25, 0.3) is 0 Å². The molecule has 1 aromatic carbocycles. The third-order valence-corrected chi connectivity index (χ3v) is 2.91. The fourth-order valence-electron chi connectivity index (χ4n) is 1.85. The number of carbonyl (C=O) groups is 1. The van der Waals surface area contributed by atoms with Crippen molar-refractivity contribution in [1.29, 1.82) is 0 Å². The molecule has 1 heterocycles. The average Bonchev–Trinajstić information content (AvgIpc) is 2.38. The van der Waals surface area contributed by atoms with Crippen molar-refractivity contribution in [1.82, 2.24) is 9.97 Å².